The van der Waals surface area contributed by atoms with Crippen LogP contribution in [0.4, 0.5) is 12.9 Å². The Bertz CT molecular complexity index is 522. The Kier molecular flexibility index (Phi) is 7.24. The third-order valence-electron chi connectivity index (χ3n) is 2.50. The van der Waals surface area contributed by atoms with Crippen molar-refractivity contribution < 1.29 is 69.1 Å². The van der Waals surface area contributed by atoms with Crippen LogP contribution in [0.1, 0.15) is 6.42 Å². The van der Waals surface area contributed by atoms with Gasteiger partial charge in [-0.2, -0.15) is 0 Å². The average molecular weight is 309 g/mol. The number of pyridine rings is 1. The van der Waals surface area contributed by atoms with Crippen molar-refractivity contribution in [3.63, 3.8) is 0 Å². The molecule has 9 heteroatoms. The molecular weight excluding hydrogens is 297 g/mol. The van der Waals surface area contributed by atoms with Gasteiger partial charge in [0.1, 0.15) is 5.75 Å². The van der Waals surface area contributed by atoms with E-state index in [0.717, 1.165) is 12.3 Å². The van der Waals surface area contributed by atoms with Crippen LogP contribution in [0.25, 0.3) is 0 Å². The number of rotatable bonds is 6. The van der Waals surface area contributed by atoms with E-state index < -0.39 is 12.4 Å². The molecule has 2 aromatic heterocycles. The summed E-state index contributed by atoms with van der Waals surface area (Å²) in [6.45, 7) is -4.00. The van der Waals surface area contributed by atoms with Gasteiger partial charge < -0.3 is 22.3 Å². The second-order valence-corrected chi connectivity index (χ2v) is 4.03. The molecular formula is C11H12BF3KN3O. The number of hydrogen-bond donors (Lipinski definition) is 0. The third-order valence-corrected chi connectivity index (χ3v) is 2.50. The van der Waals surface area contributed by atoms with Crippen molar-refractivity contribution in [2.45, 2.75) is 13.0 Å². The molecule has 0 aliphatic carbocycles. The first-order chi connectivity index (χ1) is 9.05. The Morgan fingerprint density at radius 2 is 2.00 bits per heavy atom. The molecule has 0 saturated carbocycles. The topological polar surface area (TPSA) is 39.9 Å². The average Bonchev–Trinajstić information content (AvgIpc) is 2.87. The Balaban J connectivity index is 0.00000200. The number of imidazole rings is 1. The monoisotopic (exact) mass is 309 g/mol. The molecule has 0 N–H and O–H groups in total. The summed E-state index contributed by atoms with van der Waals surface area (Å²) in [6.07, 6.45) is 7.92. The summed E-state index contributed by atoms with van der Waals surface area (Å²) < 4.78 is 44.6. The molecule has 0 spiro atoms. The van der Waals surface area contributed by atoms with E-state index >= 15 is 0 Å². The smallest absolute Gasteiger partial charge is 0.492 e. The van der Waals surface area contributed by atoms with Crippen molar-refractivity contribution in [1.82, 2.24) is 14.5 Å². The van der Waals surface area contributed by atoms with Gasteiger partial charge in [-0.05, 0) is 12.5 Å². The molecule has 20 heavy (non-hydrogen) atoms. The van der Waals surface area contributed by atoms with Gasteiger partial charge in [0.2, 0.25) is 0 Å². The molecule has 0 unspecified atom stereocenters. The fourth-order valence-electron chi connectivity index (χ4n) is 1.55. The predicted molar refractivity (Wildman–Crippen MR) is 65.3 cm³/mol. The van der Waals surface area contributed by atoms with Crippen molar-refractivity contribution in [3.8, 4) is 5.75 Å². The summed E-state index contributed by atoms with van der Waals surface area (Å²) in [6, 6.07) is 0.976. The van der Waals surface area contributed by atoms with E-state index in [2.05, 4.69) is 9.97 Å². The summed E-state index contributed by atoms with van der Waals surface area (Å²) in [4.78, 5) is 7.42. The van der Waals surface area contributed by atoms with Crippen LogP contribution in [0.15, 0.2) is 37.2 Å². The first kappa shape index (κ1) is 17.7. The third kappa shape index (κ3) is 5.57. The minimum atomic E-state index is -5.03. The molecule has 0 bridgehead atoms. The molecule has 0 amide bonds. The SMILES string of the molecule is F[B-](F)(F)c1cncc(OCCCn2ccnc2)c1.[K+]. The molecule has 102 valence electrons. The maximum Gasteiger partial charge on any atom is 1.00 e. The Morgan fingerprint density at radius 3 is 2.65 bits per heavy atom. The van der Waals surface area contributed by atoms with Crippen LogP contribution in [-0.4, -0.2) is 28.1 Å². The molecule has 0 aliphatic rings. The standard InChI is InChI=1S/C11H12BF3N3O.K/c13-12(14,15)10-6-11(8-17-7-10)19-5-1-3-18-4-2-16-9-18;/h2,4,6-9H,1,3,5H2;/q-1;+1. The van der Waals surface area contributed by atoms with E-state index in [1.54, 1.807) is 12.5 Å². The number of aryl methyl sites for hydroxylation is 1. The fourth-order valence-corrected chi connectivity index (χ4v) is 1.55. The van der Waals surface area contributed by atoms with Crippen molar-refractivity contribution in [1.29, 1.82) is 0 Å². The summed E-state index contributed by atoms with van der Waals surface area (Å²) >= 11 is 0. The van der Waals surface area contributed by atoms with Crippen LogP contribution >= 0.6 is 0 Å². The van der Waals surface area contributed by atoms with Gasteiger partial charge in [-0.3, -0.25) is 4.98 Å². The normalized spacial score (nSPS) is 10.9. The van der Waals surface area contributed by atoms with E-state index in [-0.39, 0.29) is 57.1 Å². The summed E-state index contributed by atoms with van der Waals surface area (Å²) in [5.41, 5.74) is -0.743. The molecule has 0 aromatic carbocycles. The quantitative estimate of drug-likeness (QED) is 0.497. The molecule has 0 saturated heterocycles. The maximum atomic E-state index is 12.5. The van der Waals surface area contributed by atoms with Crippen LogP contribution in [0.3, 0.4) is 0 Å². The molecule has 0 aliphatic heterocycles. The van der Waals surface area contributed by atoms with Gasteiger partial charge in [0.25, 0.3) is 0 Å². The zero-order chi connectivity index (χ0) is 13.7. The van der Waals surface area contributed by atoms with Crippen LogP contribution in [-0.2, 0) is 6.54 Å². The van der Waals surface area contributed by atoms with Crippen LogP contribution in [0.2, 0.25) is 0 Å². The van der Waals surface area contributed by atoms with E-state index in [9.17, 15) is 12.9 Å². The van der Waals surface area contributed by atoms with Crippen LogP contribution in [0, 0.1) is 0 Å². The molecule has 2 heterocycles. The predicted octanol–water partition coefficient (Wildman–Crippen LogP) is -1.19. The van der Waals surface area contributed by atoms with Gasteiger partial charge in [-0.1, -0.05) is 5.46 Å². The molecule has 2 rings (SSSR count). The first-order valence-corrected chi connectivity index (χ1v) is 5.79. The van der Waals surface area contributed by atoms with Crippen molar-refractivity contribution >= 4 is 12.4 Å². The summed E-state index contributed by atoms with van der Waals surface area (Å²) in [5, 5.41) is 0. The Morgan fingerprint density at radius 1 is 1.20 bits per heavy atom. The van der Waals surface area contributed by atoms with Gasteiger partial charge >= 0.3 is 58.4 Å². The van der Waals surface area contributed by atoms with Crippen molar-refractivity contribution in [2.75, 3.05) is 6.61 Å². The van der Waals surface area contributed by atoms with Crippen LogP contribution < -0.4 is 61.6 Å². The van der Waals surface area contributed by atoms with Gasteiger partial charge in [0, 0.05) is 25.1 Å². The van der Waals surface area contributed by atoms with E-state index in [1.807, 2.05) is 10.8 Å². The molecule has 0 radical (unpaired) electrons. The van der Waals surface area contributed by atoms with Crippen molar-refractivity contribution in [2.24, 2.45) is 0 Å². The largest absolute Gasteiger partial charge is 1.00 e. The Labute approximate surface area is 157 Å². The number of nitrogens with zero attached hydrogens (tertiary/aromatic N) is 3. The Hall–Kier alpha value is -0.349. The molecule has 0 atom stereocenters. The van der Waals surface area contributed by atoms with Crippen LogP contribution in [0.5, 0.6) is 5.75 Å². The number of hydrogen-bond acceptors (Lipinski definition) is 3. The summed E-state index contributed by atoms with van der Waals surface area (Å²) in [7, 11) is 0. The van der Waals surface area contributed by atoms with Gasteiger partial charge in [0.15, 0.2) is 0 Å². The fraction of sp³-hybridized carbons (Fsp3) is 0.273. The second kappa shape index (κ2) is 8.18. The van der Waals surface area contributed by atoms with Crippen molar-refractivity contribution in [3.05, 3.63) is 37.2 Å². The number of aromatic nitrogens is 3. The summed E-state index contributed by atoms with van der Waals surface area (Å²) in [5.74, 6) is 0.141. The van der Waals surface area contributed by atoms with E-state index in [1.165, 1.54) is 6.20 Å². The van der Waals surface area contributed by atoms with Gasteiger partial charge in [0.05, 0.1) is 19.1 Å². The van der Waals surface area contributed by atoms with E-state index in [0.29, 0.717) is 19.6 Å². The molecule has 2 aromatic rings. The number of ether oxygens (including phenoxy) is 1. The maximum absolute atomic E-state index is 12.5. The van der Waals surface area contributed by atoms with Gasteiger partial charge in [-0.15, -0.1) is 0 Å². The first-order valence-electron chi connectivity index (χ1n) is 5.79. The molecule has 0 fully saturated rings. The zero-order valence-corrected chi connectivity index (χ0v) is 14.2. The minimum absolute atomic E-state index is 0. The minimum Gasteiger partial charge on any atom is -0.492 e. The van der Waals surface area contributed by atoms with E-state index in [4.69, 9.17) is 4.74 Å². The van der Waals surface area contributed by atoms with Gasteiger partial charge in [-0.25, -0.2) is 4.98 Å². The zero-order valence-electron chi connectivity index (χ0n) is 11.0. The second-order valence-electron chi connectivity index (χ2n) is 4.03. The number of halogens is 3. The molecule has 4 nitrogen and oxygen atoms in total.